The first-order valence-corrected chi connectivity index (χ1v) is 6.61. The van der Waals surface area contributed by atoms with E-state index in [-0.39, 0.29) is 30.3 Å². The predicted molar refractivity (Wildman–Crippen MR) is 65.4 cm³/mol. The summed E-state index contributed by atoms with van der Waals surface area (Å²) in [5.41, 5.74) is 0.813. The van der Waals surface area contributed by atoms with E-state index in [9.17, 15) is 9.59 Å². The molecule has 2 aliphatic rings. The molecule has 1 aliphatic carbocycles. The predicted octanol–water partition coefficient (Wildman–Crippen LogP) is 0.597. The molecule has 2 atom stereocenters. The summed E-state index contributed by atoms with van der Waals surface area (Å²) in [5, 5.41) is 10.5. The van der Waals surface area contributed by atoms with Gasteiger partial charge in [0.15, 0.2) is 0 Å². The van der Waals surface area contributed by atoms with Crippen molar-refractivity contribution in [1.82, 2.24) is 4.90 Å². The summed E-state index contributed by atoms with van der Waals surface area (Å²) >= 11 is 1.48. The van der Waals surface area contributed by atoms with Gasteiger partial charge in [0, 0.05) is 15.8 Å². The lowest BCUT2D eigenvalue weighted by atomic mass is 10.3. The van der Waals surface area contributed by atoms with E-state index < -0.39 is 0 Å². The first-order chi connectivity index (χ1) is 8.70. The number of carbonyl (C=O) groups excluding carboxylic acids is 2. The van der Waals surface area contributed by atoms with Crippen molar-refractivity contribution in [2.24, 2.45) is 11.8 Å². The minimum Gasteiger partial charge on any atom is -0.384 e. The molecular weight excluding hydrogens is 250 g/mol. The lowest BCUT2D eigenvalue weighted by molar-refractivity contribution is -0.141. The second-order valence-corrected chi connectivity index (χ2v) is 5.47. The molecule has 1 aliphatic heterocycles. The average molecular weight is 261 g/mol. The van der Waals surface area contributed by atoms with Crippen LogP contribution < -0.4 is 0 Å². The van der Waals surface area contributed by atoms with Gasteiger partial charge in [0.1, 0.15) is 6.61 Å². The van der Waals surface area contributed by atoms with Crippen LogP contribution in [-0.4, -0.2) is 28.4 Å². The van der Waals surface area contributed by atoms with Gasteiger partial charge in [-0.05, 0) is 12.5 Å². The van der Waals surface area contributed by atoms with E-state index in [4.69, 9.17) is 5.11 Å². The Kier molecular flexibility index (Phi) is 2.69. The molecule has 0 aromatic carbocycles. The van der Waals surface area contributed by atoms with Crippen LogP contribution in [0.25, 0.3) is 0 Å². The Labute approximate surface area is 108 Å². The Bertz CT molecular complexity index is 561. The molecule has 4 nitrogen and oxygen atoms in total. The Hall–Kier alpha value is -1.64. The highest BCUT2D eigenvalue weighted by atomic mass is 32.1. The standard InChI is InChI=1S/C13H11NO3S/c15-3-1-2-8-4-9(18-7-8)6-14-12(16)10-5-11(10)13(14)17/h4,7,10-11,15H,3,5-6H2. The first kappa shape index (κ1) is 11.5. The maximum absolute atomic E-state index is 11.8. The number of hydrogen-bond acceptors (Lipinski definition) is 4. The first-order valence-electron chi connectivity index (χ1n) is 5.73. The summed E-state index contributed by atoms with van der Waals surface area (Å²) in [6, 6.07) is 1.86. The fourth-order valence-corrected chi connectivity index (χ4v) is 3.04. The van der Waals surface area contributed by atoms with Crippen LogP contribution in [0.15, 0.2) is 11.4 Å². The van der Waals surface area contributed by atoms with Crippen molar-refractivity contribution in [3.05, 3.63) is 21.9 Å². The highest BCUT2D eigenvalue weighted by Crippen LogP contribution is 2.47. The Morgan fingerprint density at radius 3 is 2.78 bits per heavy atom. The van der Waals surface area contributed by atoms with E-state index >= 15 is 0 Å². The maximum atomic E-state index is 11.8. The summed E-state index contributed by atoms with van der Waals surface area (Å²) < 4.78 is 0. The van der Waals surface area contributed by atoms with Gasteiger partial charge in [-0.3, -0.25) is 14.5 Å². The number of fused-ring (bicyclic) bond motifs is 1. The third kappa shape index (κ3) is 1.84. The van der Waals surface area contributed by atoms with E-state index in [1.807, 2.05) is 11.4 Å². The van der Waals surface area contributed by atoms with Crippen LogP contribution in [0.4, 0.5) is 0 Å². The quantitative estimate of drug-likeness (QED) is 0.626. The fraction of sp³-hybridized carbons (Fsp3) is 0.385. The SMILES string of the molecule is O=C1C2CC2C(=O)N1Cc1cc(C#CCO)cs1. The highest BCUT2D eigenvalue weighted by Gasteiger charge is 2.58. The van der Waals surface area contributed by atoms with Gasteiger partial charge in [0.2, 0.25) is 11.8 Å². The number of aliphatic hydroxyl groups excluding tert-OH is 1. The number of imide groups is 1. The van der Waals surface area contributed by atoms with Crippen molar-refractivity contribution in [2.45, 2.75) is 13.0 Å². The normalized spacial score (nSPS) is 24.8. The Morgan fingerprint density at radius 2 is 2.11 bits per heavy atom. The zero-order valence-corrected chi connectivity index (χ0v) is 10.4. The van der Waals surface area contributed by atoms with Gasteiger partial charge >= 0.3 is 0 Å². The zero-order valence-electron chi connectivity index (χ0n) is 9.55. The van der Waals surface area contributed by atoms with Gasteiger partial charge in [0.05, 0.1) is 18.4 Å². The minimum absolute atomic E-state index is 0.0265. The second-order valence-electron chi connectivity index (χ2n) is 4.47. The number of aliphatic hydroxyl groups is 1. The number of nitrogens with zero attached hydrogens (tertiary/aromatic N) is 1. The smallest absolute Gasteiger partial charge is 0.233 e. The molecule has 1 saturated heterocycles. The molecule has 0 bridgehead atoms. The Morgan fingerprint density at radius 1 is 1.39 bits per heavy atom. The maximum Gasteiger partial charge on any atom is 0.233 e. The minimum atomic E-state index is -0.169. The Balaban J connectivity index is 1.71. The molecule has 2 amide bonds. The van der Waals surface area contributed by atoms with E-state index in [1.165, 1.54) is 16.2 Å². The fourth-order valence-electron chi connectivity index (χ4n) is 2.23. The molecule has 0 spiro atoms. The second kappa shape index (κ2) is 4.23. The third-order valence-corrected chi connectivity index (χ3v) is 4.16. The molecule has 0 radical (unpaired) electrons. The van der Waals surface area contributed by atoms with Crippen molar-refractivity contribution in [1.29, 1.82) is 0 Å². The molecule has 1 aromatic heterocycles. The molecule has 2 unspecified atom stereocenters. The van der Waals surface area contributed by atoms with Crippen LogP contribution in [0.3, 0.4) is 0 Å². The molecule has 18 heavy (non-hydrogen) atoms. The molecule has 2 fully saturated rings. The van der Waals surface area contributed by atoms with Gasteiger partial charge in [-0.25, -0.2) is 0 Å². The van der Waals surface area contributed by atoms with Crippen molar-refractivity contribution < 1.29 is 14.7 Å². The molecule has 2 heterocycles. The van der Waals surface area contributed by atoms with Gasteiger partial charge in [-0.2, -0.15) is 0 Å². The van der Waals surface area contributed by atoms with Gasteiger partial charge < -0.3 is 5.11 Å². The molecule has 1 aromatic rings. The van der Waals surface area contributed by atoms with Crippen LogP contribution >= 0.6 is 11.3 Å². The third-order valence-electron chi connectivity index (χ3n) is 3.24. The van der Waals surface area contributed by atoms with E-state index in [0.717, 1.165) is 16.9 Å². The van der Waals surface area contributed by atoms with Crippen LogP contribution in [-0.2, 0) is 16.1 Å². The van der Waals surface area contributed by atoms with Gasteiger partial charge in [0.25, 0.3) is 0 Å². The monoisotopic (exact) mass is 261 g/mol. The number of amides is 2. The number of carbonyl (C=O) groups is 2. The van der Waals surface area contributed by atoms with Crippen molar-refractivity contribution >= 4 is 23.2 Å². The molecular formula is C13H11NO3S. The number of rotatable bonds is 2. The summed E-state index contributed by atoms with van der Waals surface area (Å²) in [5.74, 6) is 5.24. The topological polar surface area (TPSA) is 57.6 Å². The van der Waals surface area contributed by atoms with Crippen molar-refractivity contribution in [3.63, 3.8) is 0 Å². The molecule has 3 rings (SSSR count). The zero-order chi connectivity index (χ0) is 12.7. The summed E-state index contributed by atoms with van der Waals surface area (Å²) in [7, 11) is 0. The van der Waals surface area contributed by atoms with Crippen LogP contribution in [0, 0.1) is 23.7 Å². The van der Waals surface area contributed by atoms with Crippen LogP contribution in [0.2, 0.25) is 0 Å². The lowest BCUT2D eigenvalue weighted by Crippen LogP contribution is -2.31. The molecule has 5 heteroatoms. The van der Waals surface area contributed by atoms with E-state index in [1.54, 1.807) is 0 Å². The largest absolute Gasteiger partial charge is 0.384 e. The number of piperidine rings is 1. The number of hydrogen-bond donors (Lipinski definition) is 1. The molecule has 1 saturated carbocycles. The van der Waals surface area contributed by atoms with Gasteiger partial charge in [-0.1, -0.05) is 11.8 Å². The molecule has 92 valence electrons. The number of thiophene rings is 1. The number of likely N-dealkylation sites (tertiary alicyclic amines) is 1. The van der Waals surface area contributed by atoms with Gasteiger partial charge in [-0.15, -0.1) is 11.3 Å². The van der Waals surface area contributed by atoms with E-state index in [0.29, 0.717) is 6.54 Å². The van der Waals surface area contributed by atoms with Crippen molar-refractivity contribution in [3.8, 4) is 11.8 Å². The van der Waals surface area contributed by atoms with Crippen LogP contribution in [0.1, 0.15) is 16.9 Å². The van der Waals surface area contributed by atoms with E-state index in [2.05, 4.69) is 11.8 Å². The average Bonchev–Trinajstić information content (AvgIpc) is 2.99. The lowest BCUT2D eigenvalue weighted by Gasteiger charge is -2.14. The van der Waals surface area contributed by atoms with Crippen LogP contribution in [0.5, 0.6) is 0 Å². The summed E-state index contributed by atoms with van der Waals surface area (Å²) in [6.07, 6.45) is 0.742. The summed E-state index contributed by atoms with van der Waals surface area (Å²) in [4.78, 5) is 25.9. The molecule has 1 N–H and O–H groups in total. The van der Waals surface area contributed by atoms with Crippen molar-refractivity contribution in [2.75, 3.05) is 6.61 Å². The highest BCUT2D eigenvalue weighted by molar-refractivity contribution is 7.10. The summed E-state index contributed by atoms with van der Waals surface area (Å²) in [6.45, 7) is 0.188.